The summed E-state index contributed by atoms with van der Waals surface area (Å²) in [5, 5.41) is 17.2. The lowest BCUT2D eigenvalue weighted by molar-refractivity contribution is -0.170. The van der Waals surface area contributed by atoms with Gasteiger partial charge in [-0.2, -0.15) is 23.4 Å². The minimum atomic E-state index is -5.36. The lowest BCUT2D eigenvalue weighted by Crippen LogP contribution is -2.42. The van der Waals surface area contributed by atoms with Crippen LogP contribution >= 0.6 is 30.1 Å². The van der Waals surface area contributed by atoms with Crippen LogP contribution < -0.4 is 35.9 Å². The van der Waals surface area contributed by atoms with E-state index in [0.717, 1.165) is 54.3 Å². The molecule has 7 rings (SSSR count). The number of esters is 1. The summed E-state index contributed by atoms with van der Waals surface area (Å²) in [6.07, 6.45) is -3.78. The van der Waals surface area contributed by atoms with Crippen molar-refractivity contribution in [3.8, 4) is 17.6 Å². The number of carbonyl (C=O) groups excluding carboxylic acids is 6. The normalized spacial score (nSPS) is 15.0. The average Bonchev–Trinajstić information content (AvgIpc) is 0.895. The van der Waals surface area contributed by atoms with E-state index < -0.39 is 86.1 Å². The first-order valence-corrected chi connectivity index (χ1v) is 35.3. The van der Waals surface area contributed by atoms with Crippen LogP contribution in [0.1, 0.15) is 120 Å². The second-order valence-corrected chi connectivity index (χ2v) is 28.1. The molecule has 0 aliphatic carbocycles. The second-order valence-electron chi connectivity index (χ2n) is 23.8. The number of halogens is 3. The Hall–Kier alpha value is -8.23. The summed E-state index contributed by atoms with van der Waals surface area (Å²) >= 11 is 0. The van der Waals surface area contributed by atoms with Crippen LogP contribution in [0.15, 0.2) is 114 Å². The van der Waals surface area contributed by atoms with Gasteiger partial charge >= 0.3 is 18.1 Å². The van der Waals surface area contributed by atoms with Crippen LogP contribution in [0.4, 0.5) is 24.8 Å². The summed E-state index contributed by atoms with van der Waals surface area (Å²) in [6.45, 7) is 13.6. The number of nitrogens with zero attached hydrogens (tertiary/aromatic N) is 7. The molecule has 24 nitrogen and oxygen atoms in total. The third kappa shape index (κ3) is 20.9. The zero-order valence-electron chi connectivity index (χ0n) is 56.3. The largest absolute Gasteiger partial charge is 0.497 e. The van der Waals surface area contributed by atoms with Crippen molar-refractivity contribution in [3.63, 3.8) is 0 Å². The maximum Gasteiger partial charge on any atom is 0.471 e. The number of anilines is 2. The number of nitrogens with one attached hydrogen (secondary N) is 4. The molecule has 4 aromatic carbocycles. The van der Waals surface area contributed by atoms with Gasteiger partial charge in [0.25, 0.3) is 20.0 Å². The van der Waals surface area contributed by atoms with Crippen molar-refractivity contribution in [2.24, 2.45) is 5.92 Å². The molecular weight excluding hydrogens is 1330 g/mol. The zero-order chi connectivity index (χ0) is 71.3. The molecule has 5 amide bonds. The van der Waals surface area contributed by atoms with E-state index in [0.29, 0.717) is 35.0 Å². The number of nitriles is 1. The van der Waals surface area contributed by atoms with Gasteiger partial charge in [-0.15, -0.1) is 0 Å². The predicted molar refractivity (Wildman–Crippen MR) is 368 cm³/mol. The van der Waals surface area contributed by atoms with Gasteiger partial charge in [-0.3, -0.25) is 44.0 Å². The second kappa shape index (κ2) is 36.6. The number of methoxy groups -OCH3 is 3. The summed E-state index contributed by atoms with van der Waals surface area (Å²) in [7, 11) is 5.77. The number of fused-ring (bicyclic) bond motifs is 1. The Balaban J connectivity index is 0.949. The van der Waals surface area contributed by atoms with Crippen LogP contribution in [0, 0.1) is 17.2 Å². The van der Waals surface area contributed by atoms with E-state index in [9.17, 15) is 52.0 Å². The average molecular weight is 1410 g/mol. The molecule has 5 atom stereocenters. The van der Waals surface area contributed by atoms with Gasteiger partial charge < -0.3 is 43.5 Å². The van der Waals surface area contributed by atoms with Crippen LogP contribution in [0.5, 0.6) is 11.5 Å². The number of aromatic amines is 1. The van der Waals surface area contributed by atoms with Crippen molar-refractivity contribution in [3.05, 3.63) is 148 Å². The van der Waals surface area contributed by atoms with Crippen LogP contribution in [-0.4, -0.2) is 160 Å². The highest BCUT2D eigenvalue weighted by Gasteiger charge is 2.45. The van der Waals surface area contributed by atoms with Crippen molar-refractivity contribution in [1.29, 1.82) is 5.26 Å². The Kier molecular flexibility index (Phi) is 28.8. The van der Waals surface area contributed by atoms with Crippen molar-refractivity contribution in [2.75, 3.05) is 63.6 Å². The number of carbonyl (C=O) groups is 6. The first-order valence-electron chi connectivity index (χ1n) is 31.8. The maximum absolute atomic E-state index is 14.7. The van der Waals surface area contributed by atoms with Gasteiger partial charge in [-0.05, 0) is 112 Å². The Bertz CT molecular complexity index is 3710. The number of rotatable bonds is 35. The van der Waals surface area contributed by atoms with E-state index in [1.807, 2.05) is 90.7 Å². The minimum absolute atomic E-state index is 0.00744. The van der Waals surface area contributed by atoms with Crippen molar-refractivity contribution >= 4 is 88.4 Å². The SMILES string of the molecule is COC(=O)[C@H](CCC(=O)NCCSSC(C)CCC(=O)N1C[C@H](OP(OCCC#N)N(C(C)C)C(C)C)C[C@H]1COC(c1ccccc1)(c1ccc(OC)cc1)c1ccc(OC)cc1)NC(=O)c1ccc(N(Cc2cnc3nc(NC(=O)C(C)C)[nH]c(=O)c3n2)C(=O)C(F)(F)F)cc1. The monoisotopic (exact) mass is 1410 g/mol. The highest BCUT2D eigenvalue weighted by molar-refractivity contribution is 8.76. The molecule has 1 saturated heterocycles. The van der Waals surface area contributed by atoms with Gasteiger partial charge in [0.15, 0.2) is 11.2 Å². The number of ether oxygens (including phenoxy) is 4. The molecule has 98 heavy (non-hydrogen) atoms. The Morgan fingerprint density at radius 1 is 0.827 bits per heavy atom. The lowest BCUT2D eigenvalue weighted by Gasteiger charge is -2.38. The van der Waals surface area contributed by atoms with Gasteiger partial charge in [-0.1, -0.05) is 97.0 Å². The van der Waals surface area contributed by atoms with E-state index in [-0.39, 0.29) is 109 Å². The molecule has 2 unspecified atom stereocenters. The molecule has 0 saturated carbocycles. The van der Waals surface area contributed by atoms with E-state index in [1.165, 1.54) is 10.8 Å². The number of H-pyrrole nitrogens is 1. The van der Waals surface area contributed by atoms with Crippen LogP contribution in [0.25, 0.3) is 11.2 Å². The Morgan fingerprint density at radius 2 is 1.46 bits per heavy atom. The summed E-state index contributed by atoms with van der Waals surface area (Å²) < 4.78 is 80.8. The molecular formula is C68H83F3N11O13PS2. The molecule has 0 bridgehead atoms. The molecule has 1 aliphatic heterocycles. The highest BCUT2D eigenvalue weighted by Crippen LogP contribution is 2.49. The lowest BCUT2D eigenvalue weighted by atomic mass is 9.80. The van der Waals surface area contributed by atoms with Crippen molar-refractivity contribution < 1.29 is 69.9 Å². The Labute approximate surface area is 576 Å². The summed E-state index contributed by atoms with van der Waals surface area (Å²) in [5.41, 5.74) is -0.734. The van der Waals surface area contributed by atoms with Gasteiger partial charge in [0.2, 0.25) is 23.7 Å². The number of alkyl halides is 3. The topological polar surface area (TPSA) is 299 Å². The van der Waals surface area contributed by atoms with Gasteiger partial charge in [0.1, 0.15) is 23.1 Å². The number of hydrogen-bond donors (Lipinski definition) is 4. The molecule has 30 heteroatoms. The molecule has 2 aromatic heterocycles. The highest BCUT2D eigenvalue weighted by atomic mass is 33.1. The van der Waals surface area contributed by atoms with Gasteiger partial charge in [0, 0.05) is 66.2 Å². The number of benzene rings is 4. The predicted octanol–water partition coefficient (Wildman–Crippen LogP) is 10.4. The first kappa shape index (κ1) is 77.1. The number of aromatic nitrogens is 4. The Morgan fingerprint density at radius 3 is 2.04 bits per heavy atom. The van der Waals surface area contributed by atoms with Gasteiger partial charge in [-0.25, -0.2) is 19.4 Å². The molecule has 526 valence electrons. The fourth-order valence-corrected chi connectivity index (χ4v) is 14.7. The van der Waals surface area contributed by atoms with Crippen molar-refractivity contribution in [2.45, 2.75) is 141 Å². The van der Waals surface area contributed by atoms with E-state index in [2.05, 4.69) is 74.3 Å². The van der Waals surface area contributed by atoms with E-state index in [1.54, 1.807) is 38.9 Å². The van der Waals surface area contributed by atoms with Crippen LogP contribution in [0.3, 0.4) is 0 Å². The summed E-state index contributed by atoms with van der Waals surface area (Å²) in [6, 6.07) is 30.4. The third-order valence-corrected chi connectivity index (χ3v) is 20.8. The summed E-state index contributed by atoms with van der Waals surface area (Å²) in [5.74, 6) is -3.78. The molecule has 0 radical (unpaired) electrons. The fourth-order valence-electron chi connectivity index (χ4n) is 10.8. The maximum atomic E-state index is 14.7. The van der Waals surface area contributed by atoms with Gasteiger partial charge in [0.05, 0.1) is 77.6 Å². The van der Waals surface area contributed by atoms with Crippen LogP contribution in [-0.2, 0) is 54.6 Å². The standard InChI is InChI=1S/C68H83F3N11O13PS2/c1-42(2)61(85)78-66-77-60-59(63(87)79-66)75-50(38-74-60)39-81(65(89)68(69,70)71)51-24-18-46(19-25-51)62(86)76-56(64(88)92-10)30-31-57(83)73-34-36-97-98-45(7)17-32-58(84)80-40-55(95-96(94-35-14-33-72)82(43(3)4)44(5)6)37-52(80)41-93-67(47-15-12-11-13-16-47,48-20-26-53(90-8)27-21-48)49-22-28-54(91-9)29-23-49/h11-13,15-16,18-29,38,42-45,52,55-56H,14,17,30-32,34-37,39-41H2,1-10H3,(H,73,83)(H,76,86)(H2,74,77,78,79,85,87)/t45?,52-,55+,56-,96?/m0/s1. The zero-order valence-corrected chi connectivity index (χ0v) is 58.8. The first-order chi connectivity index (χ1) is 46.8. The molecule has 1 fully saturated rings. The molecule has 6 aromatic rings. The molecule has 3 heterocycles. The van der Waals surface area contributed by atoms with E-state index >= 15 is 0 Å². The molecule has 0 spiro atoms. The number of hydrogen-bond acceptors (Lipinski definition) is 20. The van der Waals surface area contributed by atoms with E-state index in [4.69, 9.17) is 28.0 Å². The smallest absolute Gasteiger partial charge is 0.471 e. The van der Waals surface area contributed by atoms with Crippen LogP contribution in [0.2, 0.25) is 0 Å². The van der Waals surface area contributed by atoms with Crippen molar-refractivity contribution in [1.82, 2.24) is 40.1 Å². The minimum Gasteiger partial charge on any atom is -0.497 e. The molecule has 4 N–H and O–H groups in total. The number of amides is 5. The fraction of sp³-hybridized carbons (Fsp3) is 0.456. The quantitative estimate of drug-likeness (QED) is 0.00945. The third-order valence-electron chi connectivity index (χ3n) is 15.7. The summed E-state index contributed by atoms with van der Waals surface area (Å²) in [4.78, 5) is 109. The number of likely N-dealkylation sites (tertiary alicyclic amines) is 1. The molecule has 1 aliphatic rings.